The minimum absolute atomic E-state index is 0.0296. The average Bonchev–Trinajstić information content (AvgIpc) is 3.47. The van der Waals surface area contributed by atoms with Gasteiger partial charge in [0, 0.05) is 39.1 Å². The molecule has 256 valence electrons. The summed E-state index contributed by atoms with van der Waals surface area (Å²) in [5.74, 6) is -2.19. The Morgan fingerprint density at radius 2 is 1.67 bits per heavy atom. The van der Waals surface area contributed by atoms with Gasteiger partial charge in [0.25, 0.3) is 16.4 Å². The van der Waals surface area contributed by atoms with Crippen LogP contribution in [0, 0.1) is 28.5 Å². The number of hydrogen-bond acceptors (Lipinski definition) is 7. The summed E-state index contributed by atoms with van der Waals surface area (Å²) in [4.78, 5) is 11.8. The molecule has 4 aromatic carbocycles. The van der Waals surface area contributed by atoms with Gasteiger partial charge >= 0.3 is 5.97 Å². The molecular formula is C38H25ClF3N3O5S. The third kappa shape index (κ3) is 6.14. The molecule has 0 aliphatic heterocycles. The van der Waals surface area contributed by atoms with E-state index in [4.69, 9.17) is 21.1 Å². The molecule has 13 heteroatoms. The van der Waals surface area contributed by atoms with Crippen molar-refractivity contribution in [2.24, 2.45) is 0 Å². The quantitative estimate of drug-likeness (QED) is 0.146. The summed E-state index contributed by atoms with van der Waals surface area (Å²) >= 11 is 6.65. The van der Waals surface area contributed by atoms with E-state index in [1.54, 1.807) is 30.4 Å². The Labute approximate surface area is 295 Å². The number of hydrogen-bond donors (Lipinski definition) is 0. The van der Waals surface area contributed by atoms with Gasteiger partial charge in [-0.15, -0.1) is 0 Å². The molecule has 0 amide bonds. The number of methoxy groups -OCH3 is 2. The Bertz CT molecular complexity index is 2460. The summed E-state index contributed by atoms with van der Waals surface area (Å²) in [5.41, 5.74) is 0.815. The van der Waals surface area contributed by atoms with Crippen LogP contribution < -0.4 is 4.74 Å². The lowest BCUT2D eigenvalue weighted by Crippen LogP contribution is -2.16. The van der Waals surface area contributed by atoms with Gasteiger partial charge in [-0.2, -0.15) is 10.5 Å². The maximum Gasteiger partial charge on any atom is 0.337 e. The van der Waals surface area contributed by atoms with Crippen molar-refractivity contribution >= 4 is 44.1 Å². The molecule has 0 fully saturated rings. The lowest BCUT2D eigenvalue weighted by molar-refractivity contribution is 0.0600. The zero-order valence-corrected chi connectivity index (χ0v) is 28.4. The number of alkyl halides is 2. The molecule has 0 spiro atoms. The number of carbonyl (C=O) groups excluding carboxylic acids is 1. The van der Waals surface area contributed by atoms with Crippen LogP contribution in [0.4, 0.5) is 13.2 Å². The molecule has 1 aromatic heterocycles. The van der Waals surface area contributed by atoms with Crippen molar-refractivity contribution < 1.29 is 35.9 Å². The topological polar surface area (TPSA) is 122 Å². The van der Waals surface area contributed by atoms with E-state index in [9.17, 15) is 32.5 Å². The first-order chi connectivity index (χ1) is 24.4. The molecule has 5 aromatic rings. The number of benzene rings is 4. The fraction of sp³-hybridized carbons (Fsp3) is 0.132. The molecule has 0 N–H and O–H groups in total. The van der Waals surface area contributed by atoms with Crippen molar-refractivity contribution in [3.8, 4) is 29.0 Å². The van der Waals surface area contributed by atoms with Gasteiger partial charge in [0.15, 0.2) is 11.6 Å². The van der Waals surface area contributed by atoms with Gasteiger partial charge in [-0.25, -0.2) is 30.4 Å². The summed E-state index contributed by atoms with van der Waals surface area (Å²) in [7, 11) is -2.23. The van der Waals surface area contributed by atoms with Gasteiger partial charge < -0.3 is 9.47 Å². The van der Waals surface area contributed by atoms with Crippen molar-refractivity contribution in [2.75, 3.05) is 14.2 Å². The van der Waals surface area contributed by atoms with Gasteiger partial charge in [-0.1, -0.05) is 54.1 Å². The lowest BCUT2D eigenvalue weighted by atomic mass is 9.85. The first kappa shape index (κ1) is 35.0. The number of halogens is 4. The second kappa shape index (κ2) is 13.8. The molecule has 0 saturated carbocycles. The minimum atomic E-state index is -4.71. The van der Waals surface area contributed by atoms with Gasteiger partial charge in [0.2, 0.25) is 0 Å². The highest BCUT2D eigenvalue weighted by Crippen LogP contribution is 2.47. The number of nitriles is 2. The Morgan fingerprint density at radius 3 is 2.25 bits per heavy atom. The van der Waals surface area contributed by atoms with Crippen LogP contribution in [0.3, 0.4) is 0 Å². The molecule has 1 aliphatic carbocycles. The van der Waals surface area contributed by atoms with Gasteiger partial charge in [0.1, 0.15) is 0 Å². The number of aromatic nitrogens is 1. The number of carbonyl (C=O) groups is 1. The van der Waals surface area contributed by atoms with E-state index < -0.39 is 39.7 Å². The van der Waals surface area contributed by atoms with Gasteiger partial charge in [-0.3, -0.25) is 0 Å². The van der Waals surface area contributed by atoms with Crippen LogP contribution in [0.2, 0.25) is 5.02 Å². The summed E-state index contributed by atoms with van der Waals surface area (Å²) < 4.78 is 82.9. The summed E-state index contributed by atoms with van der Waals surface area (Å²) in [6.07, 6.45) is 2.75. The van der Waals surface area contributed by atoms with E-state index in [0.29, 0.717) is 17.6 Å². The molecule has 0 saturated heterocycles. The number of nitrogens with zero attached hydrogens (tertiary/aromatic N) is 3. The van der Waals surface area contributed by atoms with E-state index in [0.717, 1.165) is 34.3 Å². The summed E-state index contributed by atoms with van der Waals surface area (Å²) in [5, 5.41) is 20.8. The predicted molar refractivity (Wildman–Crippen MR) is 185 cm³/mol. The molecule has 1 heterocycles. The minimum Gasteiger partial charge on any atom is -0.494 e. The predicted octanol–water partition coefficient (Wildman–Crippen LogP) is 8.94. The van der Waals surface area contributed by atoms with E-state index >= 15 is 4.39 Å². The lowest BCUT2D eigenvalue weighted by Gasteiger charge is -2.21. The Morgan fingerprint density at radius 1 is 0.980 bits per heavy atom. The van der Waals surface area contributed by atoms with E-state index in [1.165, 1.54) is 44.6 Å². The molecule has 51 heavy (non-hydrogen) atoms. The van der Waals surface area contributed by atoms with E-state index in [-0.39, 0.29) is 60.1 Å². The smallest absolute Gasteiger partial charge is 0.337 e. The van der Waals surface area contributed by atoms with Crippen LogP contribution in [-0.2, 0) is 14.8 Å². The summed E-state index contributed by atoms with van der Waals surface area (Å²) in [6, 6.07) is 19.6. The molecule has 1 unspecified atom stereocenters. The monoisotopic (exact) mass is 727 g/mol. The van der Waals surface area contributed by atoms with Crippen LogP contribution in [0.1, 0.15) is 57.1 Å². The van der Waals surface area contributed by atoms with Crippen molar-refractivity contribution in [3.05, 3.63) is 135 Å². The largest absolute Gasteiger partial charge is 0.494 e. The van der Waals surface area contributed by atoms with Gasteiger partial charge in [0.05, 0.1) is 59.2 Å². The SMILES string of the molecule is COC(=O)c1ccc(C2C=C(c3c(-c4c(C#N)cccc4C#N)c4cc(OC)c(F)cc4n3S(=O)(=O)c3ccc(C(F)F)cc3)C=CC2)c(Cl)c1. The zero-order valence-electron chi connectivity index (χ0n) is 26.8. The Balaban J connectivity index is 1.74. The standard InChI is InChI=1S/C38H25ClF3N3O5S/c1-49-33-17-29-32(18-31(33)40)45(51(47,48)27-12-9-21(10-13-27)37(41)42)36(35(29)34-25(19-43)7-4-8-26(34)20-44)23-6-3-5-22(15-23)28-14-11-24(16-30(28)39)38(46)50-2/h3-4,6-18,22,37H,5H2,1-2H3. The van der Waals surface area contributed by atoms with Crippen LogP contribution in [0.25, 0.3) is 27.6 Å². The summed E-state index contributed by atoms with van der Waals surface area (Å²) in [6.45, 7) is 0. The van der Waals surface area contributed by atoms with Crippen molar-refractivity contribution in [3.63, 3.8) is 0 Å². The normalized spacial score (nSPS) is 14.2. The first-order valence-electron chi connectivity index (χ1n) is 15.2. The average molecular weight is 728 g/mol. The second-order valence-corrected chi connectivity index (χ2v) is 13.6. The van der Waals surface area contributed by atoms with Crippen molar-refractivity contribution in [1.29, 1.82) is 10.5 Å². The number of rotatable bonds is 8. The number of esters is 1. The molecule has 1 atom stereocenters. The van der Waals surface area contributed by atoms with Crippen LogP contribution in [0.15, 0.2) is 95.9 Å². The van der Waals surface area contributed by atoms with E-state index in [2.05, 4.69) is 12.1 Å². The van der Waals surface area contributed by atoms with Crippen molar-refractivity contribution in [1.82, 2.24) is 3.97 Å². The Kier molecular flexibility index (Phi) is 9.50. The molecule has 0 radical (unpaired) electrons. The maximum atomic E-state index is 15.6. The first-order valence-corrected chi connectivity index (χ1v) is 17.0. The highest BCUT2D eigenvalue weighted by Gasteiger charge is 2.33. The van der Waals surface area contributed by atoms with Crippen molar-refractivity contribution in [2.45, 2.75) is 23.7 Å². The van der Waals surface area contributed by atoms with Gasteiger partial charge in [-0.05, 0) is 60.0 Å². The second-order valence-electron chi connectivity index (χ2n) is 11.4. The molecule has 0 bridgehead atoms. The molecule has 6 rings (SSSR count). The number of ether oxygens (including phenoxy) is 2. The van der Waals surface area contributed by atoms with Crippen LogP contribution >= 0.6 is 11.6 Å². The molecular weight excluding hydrogens is 703 g/mol. The number of fused-ring (bicyclic) bond motifs is 1. The van der Waals surface area contributed by atoms with E-state index in [1.807, 2.05) is 0 Å². The fourth-order valence-electron chi connectivity index (χ4n) is 6.21. The molecule has 1 aliphatic rings. The Hall–Kier alpha value is -5.82. The molecule has 8 nitrogen and oxygen atoms in total. The highest BCUT2D eigenvalue weighted by atomic mass is 35.5. The highest BCUT2D eigenvalue weighted by molar-refractivity contribution is 7.90. The zero-order chi connectivity index (χ0) is 36.6. The fourth-order valence-corrected chi connectivity index (χ4v) is 8.07. The number of allylic oxidation sites excluding steroid dienone is 4. The third-order valence-corrected chi connectivity index (χ3v) is 10.6. The maximum absolute atomic E-state index is 15.6. The van der Waals surface area contributed by atoms with Crippen LogP contribution in [-0.4, -0.2) is 32.6 Å². The van der Waals surface area contributed by atoms with Crippen LogP contribution in [0.5, 0.6) is 5.75 Å². The third-order valence-electron chi connectivity index (χ3n) is 8.59.